The Morgan fingerprint density at radius 2 is 2.05 bits per heavy atom. The van der Waals surface area contributed by atoms with E-state index in [2.05, 4.69) is 10.2 Å². The molecule has 0 atom stereocenters. The van der Waals surface area contributed by atoms with Crippen LogP contribution in [0.5, 0.6) is 0 Å². The third-order valence-corrected chi connectivity index (χ3v) is 4.05. The van der Waals surface area contributed by atoms with E-state index in [-0.39, 0.29) is 23.3 Å². The summed E-state index contributed by atoms with van der Waals surface area (Å²) in [5.74, 6) is 0.183. The predicted octanol–water partition coefficient (Wildman–Crippen LogP) is 1.45. The highest BCUT2D eigenvalue weighted by Crippen LogP contribution is 2.39. The molecule has 0 saturated heterocycles. The summed E-state index contributed by atoms with van der Waals surface area (Å²) in [4.78, 5) is 10.7. The van der Waals surface area contributed by atoms with Gasteiger partial charge in [0, 0.05) is 11.5 Å². The van der Waals surface area contributed by atoms with Crippen molar-refractivity contribution in [2.24, 2.45) is 0 Å². The van der Waals surface area contributed by atoms with Crippen LogP contribution in [0.1, 0.15) is 45.4 Å². The molecule has 1 aromatic rings. The SMILES string of the molecule is CC(C)(C)n1c(SCC(=O)O)nnc1C1CC(O)C1. The fourth-order valence-corrected chi connectivity index (χ4v) is 3.04. The van der Waals surface area contributed by atoms with Crippen LogP contribution in [-0.2, 0) is 10.3 Å². The Balaban J connectivity index is 2.26. The summed E-state index contributed by atoms with van der Waals surface area (Å²) in [6.07, 6.45) is 1.17. The Kier molecular flexibility index (Phi) is 3.87. The highest BCUT2D eigenvalue weighted by atomic mass is 32.2. The molecule has 0 amide bonds. The summed E-state index contributed by atoms with van der Waals surface area (Å²) >= 11 is 1.18. The zero-order valence-electron chi connectivity index (χ0n) is 11.3. The van der Waals surface area contributed by atoms with E-state index in [0.29, 0.717) is 18.0 Å². The molecule has 1 fully saturated rings. The lowest BCUT2D eigenvalue weighted by atomic mass is 9.81. The number of hydrogen-bond donors (Lipinski definition) is 2. The Labute approximate surface area is 116 Å². The maximum Gasteiger partial charge on any atom is 0.313 e. The maximum absolute atomic E-state index is 10.7. The second kappa shape index (κ2) is 5.13. The lowest BCUT2D eigenvalue weighted by Gasteiger charge is -2.34. The summed E-state index contributed by atoms with van der Waals surface area (Å²) in [6, 6.07) is 0. The van der Waals surface area contributed by atoms with Gasteiger partial charge in [0.25, 0.3) is 0 Å². The van der Waals surface area contributed by atoms with Gasteiger partial charge in [0.05, 0.1) is 11.9 Å². The van der Waals surface area contributed by atoms with Gasteiger partial charge in [0.1, 0.15) is 5.82 Å². The highest BCUT2D eigenvalue weighted by Gasteiger charge is 2.35. The van der Waals surface area contributed by atoms with Crippen LogP contribution in [0, 0.1) is 0 Å². The third-order valence-electron chi connectivity index (χ3n) is 3.13. The molecule has 1 aromatic heterocycles. The molecule has 1 aliphatic carbocycles. The number of carboxylic acid groups (broad SMARTS) is 1. The van der Waals surface area contributed by atoms with E-state index in [1.807, 2.05) is 25.3 Å². The molecule has 0 aliphatic heterocycles. The Hall–Kier alpha value is -1.08. The Morgan fingerprint density at radius 3 is 2.53 bits per heavy atom. The van der Waals surface area contributed by atoms with Crippen molar-refractivity contribution in [3.63, 3.8) is 0 Å². The molecule has 1 heterocycles. The first-order valence-corrected chi connectivity index (χ1v) is 7.26. The van der Waals surface area contributed by atoms with Crippen molar-refractivity contribution in [3.8, 4) is 0 Å². The van der Waals surface area contributed by atoms with Gasteiger partial charge in [0.15, 0.2) is 5.16 Å². The molecule has 1 aliphatic rings. The number of aromatic nitrogens is 3. The normalized spacial score (nSPS) is 23.2. The molecule has 2 rings (SSSR count). The molecule has 106 valence electrons. The van der Waals surface area contributed by atoms with Gasteiger partial charge >= 0.3 is 5.97 Å². The highest BCUT2D eigenvalue weighted by molar-refractivity contribution is 7.99. The number of aliphatic carboxylic acids is 1. The molecule has 7 heteroatoms. The average Bonchev–Trinajstić information content (AvgIpc) is 2.64. The van der Waals surface area contributed by atoms with Crippen LogP contribution in [0.3, 0.4) is 0 Å². The van der Waals surface area contributed by atoms with Crippen LogP contribution >= 0.6 is 11.8 Å². The fourth-order valence-electron chi connectivity index (χ4n) is 2.19. The molecule has 0 unspecified atom stereocenters. The van der Waals surface area contributed by atoms with Crippen molar-refractivity contribution in [1.82, 2.24) is 14.8 Å². The number of carbonyl (C=O) groups is 1. The van der Waals surface area contributed by atoms with E-state index in [4.69, 9.17) is 5.11 Å². The molecular weight excluding hydrogens is 266 g/mol. The van der Waals surface area contributed by atoms with E-state index in [1.165, 1.54) is 11.8 Å². The molecule has 0 bridgehead atoms. The summed E-state index contributed by atoms with van der Waals surface area (Å²) in [6.45, 7) is 6.12. The van der Waals surface area contributed by atoms with E-state index >= 15 is 0 Å². The van der Waals surface area contributed by atoms with Gasteiger partial charge in [-0.25, -0.2) is 0 Å². The average molecular weight is 285 g/mol. The molecule has 0 radical (unpaired) electrons. The number of thioether (sulfide) groups is 1. The van der Waals surface area contributed by atoms with Crippen molar-refractivity contribution in [1.29, 1.82) is 0 Å². The first-order chi connectivity index (χ1) is 8.79. The van der Waals surface area contributed by atoms with Gasteiger partial charge in [-0.15, -0.1) is 10.2 Å². The molecule has 19 heavy (non-hydrogen) atoms. The number of aliphatic hydroxyl groups excluding tert-OH is 1. The van der Waals surface area contributed by atoms with Crippen LogP contribution < -0.4 is 0 Å². The van der Waals surface area contributed by atoms with Crippen LogP contribution in [0.25, 0.3) is 0 Å². The van der Waals surface area contributed by atoms with E-state index in [0.717, 1.165) is 5.82 Å². The quantitative estimate of drug-likeness (QED) is 0.814. The third kappa shape index (κ3) is 3.09. The second-order valence-electron chi connectivity index (χ2n) is 5.85. The van der Waals surface area contributed by atoms with E-state index in [1.54, 1.807) is 0 Å². The summed E-state index contributed by atoms with van der Waals surface area (Å²) in [5, 5.41) is 27.1. The molecule has 0 spiro atoms. The zero-order chi connectivity index (χ0) is 14.2. The second-order valence-corrected chi connectivity index (χ2v) is 6.79. The molecular formula is C12H19N3O3S. The first kappa shape index (κ1) is 14.3. The number of nitrogens with zero attached hydrogens (tertiary/aromatic N) is 3. The number of hydrogen-bond acceptors (Lipinski definition) is 5. The first-order valence-electron chi connectivity index (χ1n) is 6.27. The van der Waals surface area contributed by atoms with Gasteiger partial charge in [-0.1, -0.05) is 11.8 Å². The van der Waals surface area contributed by atoms with Crippen molar-refractivity contribution in [2.75, 3.05) is 5.75 Å². The summed E-state index contributed by atoms with van der Waals surface area (Å²) in [7, 11) is 0. The standard InChI is InChI=1S/C12H19N3O3S/c1-12(2,3)15-10(7-4-8(16)5-7)13-14-11(15)19-6-9(17)18/h7-8,16H,4-6H2,1-3H3,(H,17,18). The van der Waals surface area contributed by atoms with Crippen LogP contribution in [0.2, 0.25) is 0 Å². The molecule has 0 aromatic carbocycles. The molecule has 1 saturated carbocycles. The fraction of sp³-hybridized carbons (Fsp3) is 0.750. The van der Waals surface area contributed by atoms with Crippen molar-refractivity contribution >= 4 is 17.7 Å². The van der Waals surface area contributed by atoms with Crippen LogP contribution in [-0.4, -0.2) is 42.8 Å². The van der Waals surface area contributed by atoms with Gasteiger partial charge in [0.2, 0.25) is 0 Å². The van der Waals surface area contributed by atoms with E-state index < -0.39 is 5.97 Å². The summed E-state index contributed by atoms with van der Waals surface area (Å²) < 4.78 is 2.00. The van der Waals surface area contributed by atoms with Gasteiger partial charge in [-0.3, -0.25) is 4.79 Å². The predicted molar refractivity (Wildman–Crippen MR) is 71.4 cm³/mol. The number of rotatable bonds is 4. The van der Waals surface area contributed by atoms with Crippen LogP contribution in [0.4, 0.5) is 0 Å². The van der Waals surface area contributed by atoms with Gasteiger partial charge < -0.3 is 14.8 Å². The lowest BCUT2D eigenvalue weighted by molar-refractivity contribution is -0.133. The smallest absolute Gasteiger partial charge is 0.313 e. The largest absolute Gasteiger partial charge is 0.481 e. The monoisotopic (exact) mass is 285 g/mol. The van der Waals surface area contributed by atoms with Crippen molar-refractivity contribution in [2.45, 2.75) is 56.3 Å². The molecule has 6 nitrogen and oxygen atoms in total. The van der Waals surface area contributed by atoms with Gasteiger partial charge in [-0.2, -0.15) is 0 Å². The maximum atomic E-state index is 10.7. The minimum Gasteiger partial charge on any atom is -0.481 e. The summed E-state index contributed by atoms with van der Waals surface area (Å²) in [5.41, 5.74) is -0.208. The Morgan fingerprint density at radius 1 is 1.42 bits per heavy atom. The topological polar surface area (TPSA) is 88.2 Å². The zero-order valence-corrected chi connectivity index (χ0v) is 12.1. The van der Waals surface area contributed by atoms with Crippen LogP contribution in [0.15, 0.2) is 5.16 Å². The Bertz CT molecular complexity index is 475. The number of carboxylic acids is 1. The van der Waals surface area contributed by atoms with Crippen molar-refractivity contribution < 1.29 is 15.0 Å². The minimum atomic E-state index is -0.867. The molecule has 2 N–H and O–H groups in total. The minimum absolute atomic E-state index is 0.0263. The van der Waals surface area contributed by atoms with Crippen molar-refractivity contribution in [3.05, 3.63) is 5.82 Å². The van der Waals surface area contributed by atoms with Gasteiger partial charge in [-0.05, 0) is 33.6 Å². The number of aliphatic hydroxyl groups is 1. The lowest BCUT2D eigenvalue weighted by Crippen LogP contribution is -2.33. The van der Waals surface area contributed by atoms with E-state index in [9.17, 15) is 9.90 Å².